The quantitative estimate of drug-likeness (QED) is 0.0733. The van der Waals surface area contributed by atoms with E-state index in [0.717, 1.165) is 71.9 Å². The van der Waals surface area contributed by atoms with Crippen molar-refractivity contribution in [1.82, 2.24) is 0 Å². The topological polar surface area (TPSA) is 35.5 Å². The van der Waals surface area contributed by atoms with Crippen LogP contribution in [-0.4, -0.2) is 18.9 Å². The molecule has 230 valence electrons. The number of esters is 1. The van der Waals surface area contributed by atoms with Gasteiger partial charge in [-0.3, -0.25) is 0 Å². The second-order valence-electron chi connectivity index (χ2n) is 11.0. The zero-order chi connectivity index (χ0) is 30.2. The lowest BCUT2D eigenvalue weighted by Gasteiger charge is -2.14. The highest BCUT2D eigenvalue weighted by atomic mass is 32.1. The number of alkyl halides is 3. The number of thiophene rings is 1. The first kappa shape index (κ1) is 33.7. The normalized spacial score (nSPS) is 11.6. The Balaban J connectivity index is 1.43. The molecule has 3 rings (SSSR count). The van der Waals surface area contributed by atoms with Crippen LogP contribution in [0.25, 0.3) is 20.5 Å². The molecule has 0 amide bonds. The summed E-state index contributed by atoms with van der Waals surface area (Å²) in [5, 5.41) is 1.04. The molecule has 0 saturated carbocycles. The van der Waals surface area contributed by atoms with Gasteiger partial charge in [0.05, 0.1) is 6.61 Å². The summed E-state index contributed by atoms with van der Waals surface area (Å²) in [6.45, 7) is 5.98. The first-order chi connectivity index (χ1) is 20.3. The molecule has 0 unspecified atom stereocenters. The summed E-state index contributed by atoms with van der Waals surface area (Å²) in [5.41, 5.74) is 2.63. The zero-order valence-electron chi connectivity index (χ0n) is 24.9. The van der Waals surface area contributed by atoms with Crippen LogP contribution in [0.5, 0.6) is 5.75 Å². The summed E-state index contributed by atoms with van der Waals surface area (Å²) in [5.74, 6) is -0.461. The maximum absolute atomic E-state index is 13.2. The number of carbonyl (C=O) groups excluding carboxylic acids is 1. The van der Waals surface area contributed by atoms with E-state index in [1.165, 1.54) is 67.9 Å². The van der Waals surface area contributed by atoms with Crippen LogP contribution in [0.1, 0.15) is 102 Å². The van der Waals surface area contributed by atoms with Crippen molar-refractivity contribution in [1.29, 1.82) is 0 Å². The predicted octanol–water partition coefficient (Wildman–Crippen LogP) is 11.4. The van der Waals surface area contributed by atoms with Crippen molar-refractivity contribution in [2.75, 3.05) is 6.61 Å². The van der Waals surface area contributed by atoms with Crippen LogP contribution < -0.4 is 4.74 Å². The van der Waals surface area contributed by atoms with Crippen molar-refractivity contribution in [3.63, 3.8) is 0 Å². The number of halogens is 3. The average molecular weight is 603 g/mol. The highest BCUT2D eigenvalue weighted by molar-refractivity contribution is 7.22. The summed E-state index contributed by atoms with van der Waals surface area (Å²) in [6.07, 6.45) is 13.0. The minimum atomic E-state index is -4.73. The highest BCUT2D eigenvalue weighted by Gasteiger charge is 2.32. The average Bonchev–Trinajstić information content (AvgIpc) is 3.38. The molecule has 0 aliphatic rings. The van der Waals surface area contributed by atoms with Crippen molar-refractivity contribution in [3.8, 4) is 16.2 Å². The van der Waals surface area contributed by atoms with E-state index < -0.39 is 6.36 Å². The summed E-state index contributed by atoms with van der Waals surface area (Å²) >= 11 is 1.52. The maximum atomic E-state index is 13.2. The van der Waals surface area contributed by atoms with Gasteiger partial charge >= 0.3 is 12.3 Å². The lowest BCUT2D eigenvalue weighted by atomic mass is 10.0. The Hall–Kier alpha value is -2.80. The van der Waals surface area contributed by atoms with Gasteiger partial charge in [0.2, 0.25) is 0 Å². The zero-order valence-corrected chi connectivity index (χ0v) is 25.7. The SMILES string of the molecule is C=CC(=O)OCCCCCCCCCCCCc1ccc2cc(-c3ccc(CCCCC)cc3OC(F)(F)F)sc2c1. The number of hydrogen-bond acceptors (Lipinski definition) is 4. The number of hydrogen-bond donors (Lipinski definition) is 0. The molecule has 2 aromatic carbocycles. The van der Waals surface area contributed by atoms with Crippen LogP contribution in [-0.2, 0) is 22.4 Å². The number of ether oxygens (including phenoxy) is 2. The van der Waals surface area contributed by atoms with E-state index in [9.17, 15) is 18.0 Å². The van der Waals surface area contributed by atoms with E-state index in [-0.39, 0.29) is 11.7 Å². The molecular formula is C35H45F3O3S. The fourth-order valence-electron chi connectivity index (χ4n) is 5.15. The van der Waals surface area contributed by atoms with Gasteiger partial charge in [0.25, 0.3) is 0 Å². The van der Waals surface area contributed by atoms with E-state index in [4.69, 9.17) is 4.74 Å². The molecule has 0 atom stereocenters. The molecule has 1 aromatic heterocycles. The van der Waals surface area contributed by atoms with Gasteiger partial charge in [-0.05, 0) is 72.9 Å². The first-order valence-corrected chi connectivity index (χ1v) is 16.3. The number of benzene rings is 2. The van der Waals surface area contributed by atoms with E-state index in [1.807, 2.05) is 12.1 Å². The molecule has 0 aliphatic heterocycles. The Bertz CT molecular complexity index is 1250. The van der Waals surface area contributed by atoms with Crippen LogP contribution in [0.3, 0.4) is 0 Å². The molecule has 0 saturated heterocycles. The van der Waals surface area contributed by atoms with Crippen LogP contribution in [0, 0.1) is 0 Å². The van der Waals surface area contributed by atoms with Crippen LogP contribution in [0.4, 0.5) is 13.2 Å². The Morgan fingerprint density at radius 1 is 0.810 bits per heavy atom. The second kappa shape index (κ2) is 18.0. The second-order valence-corrected chi connectivity index (χ2v) is 12.1. The Morgan fingerprint density at radius 2 is 1.40 bits per heavy atom. The molecule has 0 spiro atoms. The third-order valence-electron chi connectivity index (χ3n) is 7.46. The van der Waals surface area contributed by atoms with Gasteiger partial charge < -0.3 is 9.47 Å². The van der Waals surface area contributed by atoms with Crippen molar-refractivity contribution >= 4 is 27.4 Å². The molecule has 0 aliphatic carbocycles. The third kappa shape index (κ3) is 12.2. The lowest BCUT2D eigenvalue weighted by molar-refractivity contribution is -0.274. The van der Waals surface area contributed by atoms with Crippen molar-refractivity contribution in [3.05, 3.63) is 66.2 Å². The standard InChI is InChI=1S/C35H45F3O3S/c1-3-5-14-17-27-20-22-30(31(24-27)41-35(36,37)38)33-26-29-21-19-28(25-32(29)42-33)18-15-12-10-8-6-7-9-11-13-16-23-40-34(39)4-2/h4,19-22,24-26H,2-3,5-18,23H2,1H3. The van der Waals surface area contributed by atoms with Crippen molar-refractivity contribution in [2.45, 2.75) is 110 Å². The van der Waals surface area contributed by atoms with Crippen LogP contribution in [0.2, 0.25) is 0 Å². The van der Waals surface area contributed by atoms with E-state index in [2.05, 4.69) is 36.4 Å². The molecule has 0 radical (unpaired) electrons. The maximum Gasteiger partial charge on any atom is 0.573 e. The fraction of sp³-hybridized carbons (Fsp3) is 0.514. The molecule has 0 fully saturated rings. The highest BCUT2D eigenvalue weighted by Crippen LogP contribution is 2.41. The molecular weight excluding hydrogens is 557 g/mol. The minimum Gasteiger partial charge on any atom is -0.463 e. The number of fused-ring (bicyclic) bond motifs is 1. The van der Waals surface area contributed by atoms with Gasteiger partial charge in [-0.25, -0.2) is 4.79 Å². The number of carbonyl (C=O) groups is 1. The first-order valence-electron chi connectivity index (χ1n) is 15.5. The Morgan fingerprint density at radius 3 is 2.05 bits per heavy atom. The predicted molar refractivity (Wildman–Crippen MR) is 168 cm³/mol. The minimum absolute atomic E-state index is 0.116. The van der Waals surface area contributed by atoms with Crippen LogP contribution >= 0.6 is 11.3 Å². The monoisotopic (exact) mass is 602 g/mol. The van der Waals surface area contributed by atoms with Crippen LogP contribution in [0.15, 0.2) is 55.1 Å². The lowest BCUT2D eigenvalue weighted by Crippen LogP contribution is -2.17. The molecule has 0 N–H and O–H groups in total. The molecule has 0 bridgehead atoms. The summed E-state index contributed by atoms with van der Waals surface area (Å²) in [6, 6.07) is 13.6. The van der Waals surface area contributed by atoms with Gasteiger partial charge in [0, 0.05) is 21.2 Å². The van der Waals surface area contributed by atoms with Crippen molar-refractivity contribution in [2.24, 2.45) is 0 Å². The number of rotatable bonds is 20. The third-order valence-corrected chi connectivity index (χ3v) is 8.59. The molecule has 42 heavy (non-hydrogen) atoms. The summed E-state index contributed by atoms with van der Waals surface area (Å²) in [4.78, 5) is 11.8. The van der Waals surface area contributed by atoms with Gasteiger partial charge in [0.15, 0.2) is 0 Å². The fourth-order valence-corrected chi connectivity index (χ4v) is 6.31. The van der Waals surface area contributed by atoms with Crippen molar-refractivity contribution < 1.29 is 27.4 Å². The number of aryl methyl sites for hydroxylation is 2. The Labute approximate surface area is 253 Å². The summed E-state index contributed by atoms with van der Waals surface area (Å²) in [7, 11) is 0. The van der Waals surface area contributed by atoms with Gasteiger partial charge in [-0.1, -0.05) is 95.9 Å². The Kier molecular flexibility index (Phi) is 14.4. The number of unbranched alkanes of at least 4 members (excludes halogenated alkanes) is 11. The molecule has 7 heteroatoms. The molecule has 3 nitrogen and oxygen atoms in total. The molecule has 1 heterocycles. The van der Waals surface area contributed by atoms with E-state index in [1.54, 1.807) is 12.1 Å². The largest absolute Gasteiger partial charge is 0.573 e. The van der Waals surface area contributed by atoms with Gasteiger partial charge in [-0.15, -0.1) is 24.5 Å². The van der Waals surface area contributed by atoms with E-state index in [0.29, 0.717) is 12.2 Å². The van der Waals surface area contributed by atoms with Gasteiger partial charge in [-0.2, -0.15) is 0 Å². The smallest absolute Gasteiger partial charge is 0.463 e. The molecule has 3 aromatic rings. The van der Waals surface area contributed by atoms with Gasteiger partial charge in [0.1, 0.15) is 5.75 Å². The van der Waals surface area contributed by atoms with E-state index >= 15 is 0 Å². The summed E-state index contributed by atoms with van der Waals surface area (Å²) < 4.78 is 50.3.